The topological polar surface area (TPSA) is 173 Å². The van der Waals surface area contributed by atoms with Gasteiger partial charge in [0.15, 0.2) is 0 Å². The Hall–Kier alpha value is -4.29. The van der Waals surface area contributed by atoms with E-state index in [4.69, 9.17) is 0 Å². The van der Waals surface area contributed by atoms with Crippen molar-refractivity contribution in [1.29, 1.82) is 0 Å². The van der Waals surface area contributed by atoms with E-state index in [1.807, 2.05) is 0 Å². The molecule has 1 unspecified atom stereocenters. The van der Waals surface area contributed by atoms with Crippen LogP contribution >= 0.6 is 0 Å². The number of ketones is 1. The number of nitrogens with one attached hydrogen (secondary N) is 4. The lowest BCUT2D eigenvalue weighted by Gasteiger charge is -2.40. The van der Waals surface area contributed by atoms with Crippen molar-refractivity contribution in [3.05, 3.63) is 46.9 Å². The molecule has 0 saturated heterocycles. The standard InChI is InChI=1S/C30H43N7O6/c1-6-32-28(42)24(38)12-11-21(34-27(41)23-16-31-18-36(23)5)26(40)35-22-8-7-13-37(29(22)43)17-25(39)33-15-20-10-9-19(2)30(3,4)14-20/h7-8,13,16,18-21H,6,9-12,14-15,17H2,1-5H3,(H,32,42)(H,33,39)(H,34,41)(H,35,40)/t19-,20+,21?/m0/s1. The van der Waals surface area contributed by atoms with Crippen molar-refractivity contribution in [2.24, 2.45) is 24.3 Å². The van der Waals surface area contributed by atoms with Crippen LogP contribution in [0.25, 0.3) is 0 Å². The number of imidazole rings is 1. The minimum absolute atomic E-state index is 0.0989. The van der Waals surface area contributed by atoms with Gasteiger partial charge in [-0.15, -0.1) is 0 Å². The zero-order valence-electron chi connectivity index (χ0n) is 25.6. The maximum absolute atomic E-state index is 13.3. The molecule has 4 N–H and O–H groups in total. The smallest absolute Gasteiger partial charge is 0.287 e. The summed E-state index contributed by atoms with van der Waals surface area (Å²) in [5.74, 6) is -2.22. The summed E-state index contributed by atoms with van der Waals surface area (Å²) in [6.45, 7) is 9.01. The molecule has 1 saturated carbocycles. The van der Waals surface area contributed by atoms with Crippen LogP contribution in [0.15, 0.2) is 35.6 Å². The van der Waals surface area contributed by atoms with Gasteiger partial charge in [0.2, 0.25) is 17.6 Å². The van der Waals surface area contributed by atoms with Crippen molar-refractivity contribution in [3.8, 4) is 0 Å². The quantitative estimate of drug-likeness (QED) is 0.253. The summed E-state index contributed by atoms with van der Waals surface area (Å²) in [6, 6.07) is 1.66. The summed E-state index contributed by atoms with van der Waals surface area (Å²) in [5.41, 5.74) is -0.319. The largest absolute Gasteiger partial charge is 0.354 e. The van der Waals surface area contributed by atoms with Crippen molar-refractivity contribution in [1.82, 2.24) is 30.1 Å². The third-order valence-corrected chi connectivity index (χ3v) is 8.26. The van der Waals surface area contributed by atoms with E-state index in [1.54, 1.807) is 14.0 Å². The van der Waals surface area contributed by atoms with Crippen LogP contribution in [0.5, 0.6) is 0 Å². The SMILES string of the molecule is CCNC(=O)C(=O)CCC(NC(=O)c1cncn1C)C(=O)Nc1cccn(CC(=O)NC[C@@H]2CC[C@H](C)C(C)(C)C2)c1=O. The summed E-state index contributed by atoms with van der Waals surface area (Å²) in [5, 5.41) is 10.4. The molecule has 234 valence electrons. The molecule has 1 fully saturated rings. The molecule has 3 atom stereocenters. The van der Waals surface area contributed by atoms with Crippen LogP contribution in [0.4, 0.5) is 5.69 Å². The van der Waals surface area contributed by atoms with Crippen LogP contribution in [0.1, 0.15) is 70.3 Å². The summed E-state index contributed by atoms with van der Waals surface area (Å²) < 4.78 is 2.65. The summed E-state index contributed by atoms with van der Waals surface area (Å²) in [6.07, 6.45) is 6.86. The first-order valence-corrected chi connectivity index (χ1v) is 14.7. The van der Waals surface area contributed by atoms with Gasteiger partial charge in [0.25, 0.3) is 17.4 Å². The fraction of sp³-hybridized carbons (Fsp3) is 0.567. The molecule has 0 aromatic carbocycles. The van der Waals surface area contributed by atoms with Crippen molar-refractivity contribution < 1.29 is 24.0 Å². The third-order valence-electron chi connectivity index (χ3n) is 8.26. The minimum Gasteiger partial charge on any atom is -0.354 e. The fourth-order valence-corrected chi connectivity index (χ4v) is 5.27. The van der Waals surface area contributed by atoms with Crippen molar-refractivity contribution in [2.75, 3.05) is 18.4 Å². The number of hydrogen-bond donors (Lipinski definition) is 4. The second-order valence-corrected chi connectivity index (χ2v) is 11.9. The molecule has 1 aliphatic carbocycles. The van der Waals surface area contributed by atoms with E-state index in [0.717, 1.165) is 19.3 Å². The van der Waals surface area contributed by atoms with Gasteiger partial charge in [-0.1, -0.05) is 20.8 Å². The number of nitrogens with zero attached hydrogens (tertiary/aromatic N) is 3. The molecule has 4 amide bonds. The second-order valence-electron chi connectivity index (χ2n) is 11.9. The molecular formula is C30H43N7O6. The monoisotopic (exact) mass is 597 g/mol. The average molecular weight is 598 g/mol. The molecular weight excluding hydrogens is 554 g/mol. The van der Waals surface area contributed by atoms with Crippen molar-refractivity contribution >= 4 is 35.1 Å². The molecule has 2 aromatic rings. The maximum atomic E-state index is 13.3. The number of carbonyl (C=O) groups is 5. The highest BCUT2D eigenvalue weighted by Crippen LogP contribution is 2.42. The molecule has 1 aliphatic rings. The minimum atomic E-state index is -1.25. The zero-order valence-corrected chi connectivity index (χ0v) is 25.6. The summed E-state index contributed by atoms with van der Waals surface area (Å²) in [7, 11) is 1.61. The van der Waals surface area contributed by atoms with E-state index < -0.39 is 35.1 Å². The lowest BCUT2D eigenvalue weighted by atomic mass is 9.66. The molecule has 2 heterocycles. The number of hydrogen-bond acceptors (Lipinski definition) is 7. The maximum Gasteiger partial charge on any atom is 0.287 e. The molecule has 0 bridgehead atoms. The first-order valence-electron chi connectivity index (χ1n) is 14.7. The number of carbonyl (C=O) groups excluding carboxylic acids is 5. The van der Waals surface area contributed by atoms with Gasteiger partial charge in [-0.2, -0.15) is 0 Å². The first-order chi connectivity index (χ1) is 20.3. The van der Waals surface area contributed by atoms with Crippen LogP contribution in [0.3, 0.4) is 0 Å². The Labute approximate surface area is 251 Å². The normalized spacial score (nSPS) is 18.3. The highest BCUT2D eigenvalue weighted by molar-refractivity contribution is 6.36. The van der Waals surface area contributed by atoms with Gasteiger partial charge >= 0.3 is 0 Å². The van der Waals surface area contributed by atoms with E-state index in [9.17, 15) is 28.8 Å². The summed E-state index contributed by atoms with van der Waals surface area (Å²) >= 11 is 0. The van der Waals surface area contributed by atoms with Gasteiger partial charge in [-0.05, 0) is 62.0 Å². The number of likely N-dealkylation sites (N-methyl/N-ethyl adjacent to an activating group) is 1. The number of rotatable bonds is 13. The predicted octanol–water partition coefficient (Wildman–Crippen LogP) is 1.38. The lowest BCUT2D eigenvalue weighted by Crippen LogP contribution is -2.46. The van der Waals surface area contributed by atoms with Crippen LogP contribution in [-0.2, 0) is 32.8 Å². The molecule has 0 radical (unpaired) electrons. The molecule has 43 heavy (non-hydrogen) atoms. The van der Waals surface area contributed by atoms with E-state index in [2.05, 4.69) is 47.0 Å². The van der Waals surface area contributed by atoms with E-state index >= 15 is 0 Å². The Morgan fingerprint density at radius 3 is 2.53 bits per heavy atom. The van der Waals surface area contributed by atoms with E-state index in [0.29, 0.717) is 18.4 Å². The highest BCUT2D eigenvalue weighted by Gasteiger charge is 2.34. The number of aryl methyl sites for hydroxylation is 1. The molecule has 0 aliphatic heterocycles. The summed E-state index contributed by atoms with van der Waals surface area (Å²) in [4.78, 5) is 79.9. The Kier molecular flexibility index (Phi) is 11.4. The Balaban J connectivity index is 1.67. The zero-order chi connectivity index (χ0) is 31.7. The molecule has 13 nitrogen and oxygen atoms in total. The van der Waals surface area contributed by atoms with Crippen molar-refractivity contribution in [3.63, 3.8) is 0 Å². The lowest BCUT2D eigenvalue weighted by molar-refractivity contribution is -0.138. The molecule has 3 rings (SSSR count). The van der Waals surface area contributed by atoms with Gasteiger partial charge in [-0.3, -0.25) is 28.8 Å². The van der Waals surface area contributed by atoms with Gasteiger partial charge in [0.1, 0.15) is 24.0 Å². The average Bonchev–Trinajstić information content (AvgIpc) is 3.39. The molecule has 0 spiro atoms. The Morgan fingerprint density at radius 2 is 1.88 bits per heavy atom. The number of Topliss-reactive ketones (excluding diaryl/α,β-unsaturated/α-hetero) is 1. The van der Waals surface area contributed by atoms with Crippen LogP contribution < -0.4 is 26.8 Å². The van der Waals surface area contributed by atoms with Crippen molar-refractivity contribution in [2.45, 2.75) is 72.4 Å². The van der Waals surface area contributed by atoms with Crippen LogP contribution in [0, 0.1) is 17.3 Å². The van der Waals surface area contributed by atoms with Gasteiger partial charge in [-0.25, -0.2) is 4.98 Å². The van der Waals surface area contributed by atoms with Crippen LogP contribution in [0.2, 0.25) is 0 Å². The molecule has 2 aromatic heterocycles. The van der Waals surface area contributed by atoms with E-state index in [1.165, 1.54) is 40.0 Å². The second kappa shape index (κ2) is 14.7. The number of pyridine rings is 1. The Morgan fingerprint density at radius 1 is 1.14 bits per heavy atom. The van der Waals surface area contributed by atoms with E-state index in [-0.39, 0.29) is 48.6 Å². The first kappa shape index (κ1) is 33.2. The predicted molar refractivity (Wildman–Crippen MR) is 160 cm³/mol. The number of amides is 4. The van der Waals surface area contributed by atoms with Gasteiger partial charge in [0, 0.05) is 32.8 Å². The van der Waals surface area contributed by atoms with Crippen LogP contribution in [-0.4, -0.2) is 62.7 Å². The fourth-order valence-electron chi connectivity index (χ4n) is 5.27. The highest BCUT2D eigenvalue weighted by atomic mass is 16.2. The Bertz CT molecular complexity index is 1400. The molecule has 13 heteroatoms. The van der Waals surface area contributed by atoms with Gasteiger partial charge < -0.3 is 30.4 Å². The number of aromatic nitrogens is 3. The number of anilines is 1. The third kappa shape index (κ3) is 9.10. The van der Waals surface area contributed by atoms with Gasteiger partial charge in [0.05, 0.1) is 12.5 Å².